The highest BCUT2D eigenvalue weighted by atomic mass is 32.2. The van der Waals surface area contributed by atoms with E-state index in [1.165, 1.54) is 18.2 Å². The molecule has 1 aliphatic carbocycles. The first-order chi connectivity index (χ1) is 7.50. The number of sulfone groups is 1. The summed E-state index contributed by atoms with van der Waals surface area (Å²) in [6.45, 7) is 0. The van der Waals surface area contributed by atoms with Crippen LogP contribution >= 0.6 is 0 Å². The summed E-state index contributed by atoms with van der Waals surface area (Å²) in [6, 6.07) is 4.91. The van der Waals surface area contributed by atoms with Gasteiger partial charge in [0.2, 0.25) is 0 Å². The predicted octanol–water partition coefficient (Wildman–Crippen LogP) is 1.72. The van der Waals surface area contributed by atoms with E-state index in [4.69, 9.17) is 0 Å². The van der Waals surface area contributed by atoms with E-state index in [0.29, 0.717) is 12.8 Å². The summed E-state index contributed by atoms with van der Waals surface area (Å²) in [5.74, 6) is -0.615. The Labute approximate surface area is 93.2 Å². The van der Waals surface area contributed by atoms with Gasteiger partial charge in [0.05, 0.1) is 10.1 Å². The Morgan fingerprint density at radius 3 is 2.62 bits per heavy atom. The van der Waals surface area contributed by atoms with Gasteiger partial charge in [-0.15, -0.1) is 0 Å². The fourth-order valence-electron chi connectivity index (χ4n) is 1.88. The number of halogens is 1. The van der Waals surface area contributed by atoms with Crippen molar-refractivity contribution in [2.45, 2.75) is 29.4 Å². The van der Waals surface area contributed by atoms with Crippen LogP contribution in [0.15, 0.2) is 29.2 Å². The molecule has 3 nitrogen and oxygen atoms in total. The number of carbonyl (C=O) groups excluding carboxylic acids is 1. The molecule has 0 radical (unpaired) electrons. The highest BCUT2D eigenvalue weighted by Gasteiger charge is 2.34. The van der Waals surface area contributed by atoms with E-state index in [2.05, 4.69) is 0 Å². The van der Waals surface area contributed by atoms with Crippen LogP contribution in [0.3, 0.4) is 0 Å². The second-order valence-electron chi connectivity index (χ2n) is 3.91. The average molecular weight is 242 g/mol. The lowest BCUT2D eigenvalue weighted by Crippen LogP contribution is -2.18. The molecule has 1 aromatic carbocycles. The molecule has 0 amide bonds. The van der Waals surface area contributed by atoms with Gasteiger partial charge in [0.15, 0.2) is 9.84 Å². The topological polar surface area (TPSA) is 51.2 Å². The van der Waals surface area contributed by atoms with Gasteiger partial charge in [-0.2, -0.15) is 0 Å². The quantitative estimate of drug-likeness (QED) is 0.793. The highest BCUT2D eigenvalue weighted by Crippen LogP contribution is 2.27. The monoisotopic (exact) mass is 242 g/mol. The second-order valence-corrected chi connectivity index (χ2v) is 6.13. The van der Waals surface area contributed by atoms with Crippen molar-refractivity contribution in [1.82, 2.24) is 0 Å². The van der Waals surface area contributed by atoms with Gasteiger partial charge in [0.25, 0.3) is 0 Å². The predicted molar refractivity (Wildman–Crippen MR) is 56.2 cm³/mol. The van der Waals surface area contributed by atoms with Crippen LogP contribution in [-0.2, 0) is 14.6 Å². The van der Waals surface area contributed by atoms with Gasteiger partial charge >= 0.3 is 0 Å². The molecule has 16 heavy (non-hydrogen) atoms. The van der Waals surface area contributed by atoms with Crippen LogP contribution in [0.4, 0.5) is 4.39 Å². The number of hydrogen-bond acceptors (Lipinski definition) is 3. The van der Waals surface area contributed by atoms with Gasteiger partial charge in [0, 0.05) is 12.8 Å². The minimum absolute atomic E-state index is 0.0350. The molecule has 0 heterocycles. The van der Waals surface area contributed by atoms with Crippen molar-refractivity contribution in [3.8, 4) is 0 Å². The van der Waals surface area contributed by atoms with Crippen molar-refractivity contribution in [1.29, 1.82) is 0 Å². The standard InChI is InChI=1S/C11H11FO3S/c12-8-2-1-3-10(6-8)16(14,15)11-5-4-9(13)7-11/h1-3,6,11H,4-5,7H2. The van der Waals surface area contributed by atoms with Crippen molar-refractivity contribution in [2.75, 3.05) is 0 Å². The smallest absolute Gasteiger partial charge is 0.181 e. The third kappa shape index (κ3) is 2.00. The zero-order valence-corrected chi connectivity index (χ0v) is 9.34. The zero-order valence-electron chi connectivity index (χ0n) is 8.52. The molecule has 1 saturated carbocycles. The lowest BCUT2D eigenvalue weighted by atomic mass is 10.3. The number of benzene rings is 1. The number of ketones is 1. The SMILES string of the molecule is O=C1CCC(S(=O)(=O)c2cccc(F)c2)C1. The highest BCUT2D eigenvalue weighted by molar-refractivity contribution is 7.92. The van der Waals surface area contributed by atoms with Crippen LogP contribution in [0, 0.1) is 5.82 Å². The lowest BCUT2D eigenvalue weighted by Gasteiger charge is -2.09. The fraction of sp³-hybridized carbons (Fsp3) is 0.364. The molecular formula is C11H11FO3S. The molecule has 0 saturated heterocycles. The van der Waals surface area contributed by atoms with E-state index in [-0.39, 0.29) is 17.1 Å². The zero-order chi connectivity index (χ0) is 11.8. The molecule has 0 aromatic heterocycles. The third-order valence-electron chi connectivity index (χ3n) is 2.76. The molecule has 0 aliphatic heterocycles. The van der Waals surface area contributed by atoms with Crippen LogP contribution < -0.4 is 0 Å². The fourth-order valence-corrected chi connectivity index (χ4v) is 3.64. The Morgan fingerprint density at radius 1 is 1.31 bits per heavy atom. The van der Waals surface area contributed by atoms with Gasteiger partial charge in [-0.25, -0.2) is 12.8 Å². The third-order valence-corrected chi connectivity index (χ3v) is 4.95. The molecular weight excluding hydrogens is 231 g/mol. The summed E-state index contributed by atoms with van der Waals surface area (Å²) in [4.78, 5) is 11.0. The molecule has 1 aromatic rings. The van der Waals surface area contributed by atoms with E-state index in [9.17, 15) is 17.6 Å². The number of rotatable bonds is 2. The maximum atomic E-state index is 12.9. The minimum Gasteiger partial charge on any atom is -0.300 e. The van der Waals surface area contributed by atoms with Crippen molar-refractivity contribution in [3.63, 3.8) is 0 Å². The maximum absolute atomic E-state index is 12.9. The van der Waals surface area contributed by atoms with E-state index >= 15 is 0 Å². The Bertz CT molecular complexity index is 522. The van der Waals surface area contributed by atoms with Crippen LogP contribution in [0.25, 0.3) is 0 Å². The first-order valence-electron chi connectivity index (χ1n) is 5.01. The summed E-state index contributed by atoms with van der Waals surface area (Å²) in [6.07, 6.45) is 0.704. The molecule has 1 aliphatic rings. The molecule has 2 rings (SSSR count). The van der Waals surface area contributed by atoms with E-state index in [0.717, 1.165) is 6.07 Å². The Kier molecular flexibility index (Phi) is 2.80. The first kappa shape index (κ1) is 11.3. The largest absolute Gasteiger partial charge is 0.300 e. The molecule has 1 atom stereocenters. The molecule has 1 unspecified atom stereocenters. The van der Waals surface area contributed by atoms with Gasteiger partial charge in [-0.3, -0.25) is 4.79 Å². The second kappa shape index (κ2) is 3.97. The maximum Gasteiger partial charge on any atom is 0.181 e. The van der Waals surface area contributed by atoms with Crippen molar-refractivity contribution in [2.24, 2.45) is 0 Å². The first-order valence-corrected chi connectivity index (χ1v) is 6.56. The summed E-state index contributed by atoms with van der Waals surface area (Å²) in [5.41, 5.74) is 0. The molecule has 0 spiro atoms. The van der Waals surface area contributed by atoms with Gasteiger partial charge < -0.3 is 0 Å². The molecule has 5 heteroatoms. The Morgan fingerprint density at radius 2 is 2.06 bits per heavy atom. The molecule has 0 bridgehead atoms. The van der Waals surface area contributed by atoms with Crippen LogP contribution in [0.1, 0.15) is 19.3 Å². The average Bonchev–Trinajstić information content (AvgIpc) is 2.65. The van der Waals surface area contributed by atoms with Crippen LogP contribution in [0.5, 0.6) is 0 Å². The number of carbonyl (C=O) groups is 1. The van der Waals surface area contributed by atoms with Gasteiger partial charge in [-0.05, 0) is 24.6 Å². The van der Waals surface area contributed by atoms with Gasteiger partial charge in [-0.1, -0.05) is 6.07 Å². The number of Topliss-reactive ketones (excluding diaryl/α,β-unsaturated/α-hetero) is 1. The van der Waals surface area contributed by atoms with Crippen LogP contribution in [0.2, 0.25) is 0 Å². The minimum atomic E-state index is -3.55. The summed E-state index contributed by atoms with van der Waals surface area (Å²) in [7, 11) is -3.55. The normalized spacial score (nSPS) is 21.3. The number of hydrogen-bond donors (Lipinski definition) is 0. The summed E-state index contributed by atoms with van der Waals surface area (Å²) >= 11 is 0. The molecule has 0 N–H and O–H groups in total. The lowest BCUT2D eigenvalue weighted by molar-refractivity contribution is -0.117. The van der Waals surface area contributed by atoms with Crippen molar-refractivity contribution < 1.29 is 17.6 Å². The van der Waals surface area contributed by atoms with E-state index < -0.39 is 20.9 Å². The Hall–Kier alpha value is -1.23. The van der Waals surface area contributed by atoms with E-state index in [1.54, 1.807) is 0 Å². The molecule has 1 fully saturated rings. The summed E-state index contributed by atoms with van der Waals surface area (Å²) < 4.78 is 37.0. The summed E-state index contributed by atoms with van der Waals surface area (Å²) in [5, 5.41) is -0.679. The van der Waals surface area contributed by atoms with Gasteiger partial charge in [0.1, 0.15) is 11.6 Å². The van der Waals surface area contributed by atoms with Crippen LogP contribution in [-0.4, -0.2) is 19.5 Å². The van der Waals surface area contributed by atoms with Crippen molar-refractivity contribution >= 4 is 15.6 Å². The van der Waals surface area contributed by atoms with E-state index in [1.807, 2.05) is 0 Å². The van der Waals surface area contributed by atoms with Crippen molar-refractivity contribution in [3.05, 3.63) is 30.1 Å². The Balaban J connectivity index is 2.36. The molecule has 86 valence electrons.